The molecule has 0 unspecified atom stereocenters. The Bertz CT molecular complexity index is 324. The van der Waals surface area contributed by atoms with Crippen molar-refractivity contribution in [2.45, 2.75) is 52.4 Å². The monoisotopic (exact) mass is 209 g/mol. The summed E-state index contributed by atoms with van der Waals surface area (Å²) in [5, 5.41) is 0. The van der Waals surface area contributed by atoms with Crippen molar-refractivity contribution in [2.75, 3.05) is 0 Å². The van der Waals surface area contributed by atoms with Gasteiger partial charge < -0.3 is 0 Å². The largest absolute Gasteiger partial charge is 0.257 e. The number of rotatable bonds is 0. The van der Waals surface area contributed by atoms with Crippen LogP contribution in [0.1, 0.15) is 52.9 Å². The second-order valence-electron chi connectivity index (χ2n) is 6.06. The van der Waals surface area contributed by atoms with Gasteiger partial charge >= 0.3 is 0 Å². The summed E-state index contributed by atoms with van der Waals surface area (Å²) in [6, 6.07) is 3.05. The molecule has 0 aromatic carbocycles. The van der Waals surface area contributed by atoms with Gasteiger partial charge in [-0.05, 0) is 12.1 Å². The molecular formula is C13H20FN. The van der Waals surface area contributed by atoms with Crippen LogP contribution in [0.25, 0.3) is 0 Å². The van der Waals surface area contributed by atoms with Gasteiger partial charge in [0, 0.05) is 22.2 Å². The standard InChI is InChI=1S/C13H20FN/c1-12(2,3)10-7-9(14)8-11(15-10)13(4,5)6/h7-8H,1-6H3. The lowest BCUT2D eigenvalue weighted by Gasteiger charge is -2.23. The summed E-state index contributed by atoms with van der Waals surface area (Å²) in [6.07, 6.45) is 0. The lowest BCUT2D eigenvalue weighted by Crippen LogP contribution is -2.20. The van der Waals surface area contributed by atoms with Crippen molar-refractivity contribution in [2.24, 2.45) is 0 Å². The smallest absolute Gasteiger partial charge is 0.126 e. The van der Waals surface area contributed by atoms with E-state index < -0.39 is 0 Å². The quantitative estimate of drug-likeness (QED) is 0.633. The van der Waals surface area contributed by atoms with Gasteiger partial charge in [-0.1, -0.05) is 41.5 Å². The second kappa shape index (κ2) is 3.58. The summed E-state index contributed by atoms with van der Waals surface area (Å²) in [5.41, 5.74) is 1.41. The van der Waals surface area contributed by atoms with Crippen molar-refractivity contribution in [1.29, 1.82) is 0 Å². The van der Waals surface area contributed by atoms with Crippen LogP contribution in [-0.2, 0) is 10.8 Å². The van der Waals surface area contributed by atoms with Crippen LogP contribution in [0.5, 0.6) is 0 Å². The van der Waals surface area contributed by atoms with Crippen molar-refractivity contribution >= 4 is 0 Å². The minimum atomic E-state index is -0.195. The lowest BCUT2D eigenvalue weighted by atomic mass is 9.88. The summed E-state index contributed by atoms with van der Waals surface area (Å²) in [4.78, 5) is 4.54. The second-order valence-corrected chi connectivity index (χ2v) is 6.06. The number of aromatic nitrogens is 1. The Morgan fingerprint density at radius 1 is 0.867 bits per heavy atom. The zero-order valence-electron chi connectivity index (χ0n) is 10.5. The number of hydrogen-bond donors (Lipinski definition) is 0. The first-order chi connectivity index (χ1) is 6.60. The van der Waals surface area contributed by atoms with Crippen LogP contribution in [0.2, 0.25) is 0 Å². The van der Waals surface area contributed by atoms with Crippen molar-refractivity contribution in [3.05, 3.63) is 29.3 Å². The fourth-order valence-electron chi connectivity index (χ4n) is 1.27. The molecule has 0 radical (unpaired) electrons. The van der Waals surface area contributed by atoms with E-state index in [1.54, 1.807) is 0 Å². The van der Waals surface area contributed by atoms with Gasteiger partial charge in [-0.15, -0.1) is 0 Å². The molecule has 0 aliphatic heterocycles. The summed E-state index contributed by atoms with van der Waals surface area (Å²) in [7, 11) is 0. The van der Waals surface area contributed by atoms with E-state index in [0.717, 1.165) is 11.4 Å². The Morgan fingerprint density at radius 3 is 1.47 bits per heavy atom. The van der Waals surface area contributed by atoms with E-state index in [2.05, 4.69) is 4.98 Å². The first-order valence-corrected chi connectivity index (χ1v) is 5.29. The molecule has 1 nitrogen and oxygen atoms in total. The van der Waals surface area contributed by atoms with Crippen molar-refractivity contribution in [1.82, 2.24) is 4.98 Å². The molecule has 0 spiro atoms. The van der Waals surface area contributed by atoms with Gasteiger partial charge in [0.05, 0.1) is 0 Å². The predicted octanol–water partition coefficient (Wildman–Crippen LogP) is 3.82. The van der Waals surface area contributed by atoms with Gasteiger partial charge in [-0.3, -0.25) is 4.98 Å². The molecule has 0 bridgehead atoms. The van der Waals surface area contributed by atoms with E-state index in [1.165, 1.54) is 12.1 Å². The average molecular weight is 209 g/mol. The van der Waals surface area contributed by atoms with Crippen LogP contribution in [0.15, 0.2) is 12.1 Å². The minimum absolute atomic E-state index is 0.109. The molecule has 2 heteroatoms. The van der Waals surface area contributed by atoms with Gasteiger partial charge in [0.15, 0.2) is 0 Å². The highest BCUT2D eigenvalue weighted by Crippen LogP contribution is 2.26. The molecule has 1 rings (SSSR count). The van der Waals surface area contributed by atoms with E-state index in [-0.39, 0.29) is 16.6 Å². The van der Waals surface area contributed by atoms with Crippen LogP contribution in [0.3, 0.4) is 0 Å². The van der Waals surface area contributed by atoms with Gasteiger partial charge in [0.1, 0.15) is 5.82 Å². The Hall–Kier alpha value is -0.920. The van der Waals surface area contributed by atoms with Gasteiger partial charge in [0.25, 0.3) is 0 Å². The fraction of sp³-hybridized carbons (Fsp3) is 0.615. The topological polar surface area (TPSA) is 12.9 Å². The Balaban J connectivity index is 3.30. The molecule has 1 heterocycles. The highest BCUT2D eigenvalue weighted by Gasteiger charge is 2.22. The molecule has 0 N–H and O–H groups in total. The maximum atomic E-state index is 13.4. The minimum Gasteiger partial charge on any atom is -0.257 e. The molecule has 0 aliphatic carbocycles. The Labute approximate surface area is 91.7 Å². The van der Waals surface area contributed by atoms with E-state index in [4.69, 9.17) is 0 Å². The SMILES string of the molecule is CC(C)(C)c1cc(F)cc(C(C)(C)C)n1. The Kier molecular flexibility index (Phi) is 2.90. The first kappa shape index (κ1) is 12.2. The highest BCUT2D eigenvalue weighted by atomic mass is 19.1. The molecule has 0 fully saturated rings. The molecule has 15 heavy (non-hydrogen) atoms. The number of hydrogen-bond acceptors (Lipinski definition) is 1. The summed E-state index contributed by atoms with van der Waals surface area (Å²) >= 11 is 0. The van der Waals surface area contributed by atoms with Crippen LogP contribution in [0.4, 0.5) is 4.39 Å². The summed E-state index contributed by atoms with van der Waals surface area (Å²) < 4.78 is 13.4. The van der Waals surface area contributed by atoms with Gasteiger partial charge in [0.2, 0.25) is 0 Å². The molecule has 0 atom stereocenters. The molecule has 1 aromatic rings. The normalized spacial score (nSPS) is 13.0. The summed E-state index contributed by atoms with van der Waals surface area (Å²) in [5.74, 6) is -0.195. The van der Waals surface area contributed by atoms with Crippen molar-refractivity contribution < 1.29 is 4.39 Å². The molecule has 0 amide bonds. The molecule has 84 valence electrons. The maximum absolute atomic E-state index is 13.4. The van der Waals surface area contributed by atoms with E-state index in [9.17, 15) is 4.39 Å². The highest BCUT2D eigenvalue weighted by molar-refractivity contribution is 5.22. The zero-order chi connectivity index (χ0) is 11.9. The number of pyridine rings is 1. The number of nitrogens with zero attached hydrogens (tertiary/aromatic N) is 1. The van der Waals surface area contributed by atoms with Crippen molar-refractivity contribution in [3.63, 3.8) is 0 Å². The average Bonchev–Trinajstić information content (AvgIpc) is 1.99. The zero-order valence-corrected chi connectivity index (χ0v) is 10.5. The maximum Gasteiger partial charge on any atom is 0.126 e. The lowest BCUT2D eigenvalue weighted by molar-refractivity contribution is 0.512. The summed E-state index contributed by atoms with van der Waals surface area (Å²) in [6.45, 7) is 12.3. The van der Waals surface area contributed by atoms with E-state index >= 15 is 0 Å². The third kappa shape index (κ3) is 3.01. The first-order valence-electron chi connectivity index (χ1n) is 5.29. The van der Waals surface area contributed by atoms with Crippen molar-refractivity contribution in [3.8, 4) is 0 Å². The molecular weight excluding hydrogens is 189 g/mol. The third-order valence-electron chi connectivity index (χ3n) is 2.33. The molecule has 1 aromatic heterocycles. The number of halogens is 1. The van der Waals surface area contributed by atoms with E-state index in [0.29, 0.717) is 0 Å². The molecule has 0 saturated heterocycles. The van der Waals surface area contributed by atoms with Gasteiger partial charge in [-0.2, -0.15) is 0 Å². The van der Waals surface area contributed by atoms with Crippen LogP contribution in [-0.4, -0.2) is 4.98 Å². The molecule has 0 aliphatic rings. The Morgan fingerprint density at radius 2 is 1.20 bits per heavy atom. The van der Waals surface area contributed by atoms with Gasteiger partial charge in [-0.25, -0.2) is 4.39 Å². The van der Waals surface area contributed by atoms with Crippen LogP contribution < -0.4 is 0 Å². The predicted molar refractivity (Wildman–Crippen MR) is 61.6 cm³/mol. The fourth-order valence-corrected chi connectivity index (χ4v) is 1.27. The molecule has 0 saturated carbocycles. The van der Waals surface area contributed by atoms with Crippen LogP contribution >= 0.6 is 0 Å². The van der Waals surface area contributed by atoms with Crippen LogP contribution in [0, 0.1) is 5.82 Å². The third-order valence-corrected chi connectivity index (χ3v) is 2.33. The van der Waals surface area contributed by atoms with E-state index in [1.807, 2.05) is 41.5 Å².